The first-order valence-electron chi connectivity index (χ1n) is 5.68. The third-order valence-electron chi connectivity index (χ3n) is 3.58. The van der Waals surface area contributed by atoms with Crippen LogP contribution >= 0.6 is 0 Å². The van der Waals surface area contributed by atoms with E-state index >= 15 is 0 Å². The Labute approximate surface area is 91.0 Å². The molecule has 0 saturated heterocycles. The van der Waals surface area contributed by atoms with Gasteiger partial charge < -0.3 is 4.74 Å². The standard InChI is InChI=1S/C13H18O2/c1-3-15-12(14)11-8-10-6-4-5-7-13(11,2)9-10/h4-7,10-11H,3,8-9H2,1-2H3/t10-,11+,13+/m0/s1. The molecule has 82 valence electrons. The molecule has 1 saturated carbocycles. The third kappa shape index (κ3) is 1.85. The van der Waals surface area contributed by atoms with Gasteiger partial charge in [-0.3, -0.25) is 4.79 Å². The number of carbonyl (C=O) groups excluding carboxylic acids is 1. The number of rotatable bonds is 2. The van der Waals surface area contributed by atoms with E-state index in [-0.39, 0.29) is 17.3 Å². The van der Waals surface area contributed by atoms with E-state index in [4.69, 9.17) is 4.74 Å². The number of esters is 1. The molecule has 2 rings (SSSR count). The fourth-order valence-electron chi connectivity index (χ4n) is 2.80. The maximum atomic E-state index is 11.8. The van der Waals surface area contributed by atoms with E-state index < -0.39 is 0 Å². The van der Waals surface area contributed by atoms with Crippen molar-refractivity contribution in [2.75, 3.05) is 6.61 Å². The van der Waals surface area contributed by atoms with E-state index in [1.165, 1.54) is 0 Å². The number of fused-ring (bicyclic) bond motifs is 2. The van der Waals surface area contributed by atoms with Gasteiger partial charge >= 0.3 is 5.97 Å². The summed E-state index contributed by atoms with van der Waals surface area (Å²) in [6.45, 7) is 4.51. The zero-order chi connectivity index (χ0) is 10.9. The van der Waals surface area contributed by atoms with Crippen LogP contribution in [-0.4, -0.2) is 12.6 Å². The summed E-state index contributed by atoms with van der Waals surface area (Å²) in [5, 5.41) is 0. The molecule has 15 heavy (non-hydrogen) atoms. The Morgan fingerprint density at radius 3 is 3.07 bits per heavy atom. The van der Waals surface area contributed by atoms with E-state index in [0.29, 0.717) is 12.5 Å². The van der Waals surface area contributed by atoms with Gasteiger partial charge in [0.05, 0.1) is 12.5 Å². The van der Waals surface area contributed by atoms with Crippen molar-refractivity contribution in [1.29, 1.82) is 0 Å². The molecular formula is C13H18O2. The lowest BCUT2D eigenvalue weighted by Gasteiger charge is -2.26. The minimum atomic E-state index is -0.0255. The molecule has 2 aliphatic rings. The molecule has 0 heterocycles. The molecule has 1 fully saturated rings. The molecule has 2 bridgehead atoms. The van der Waals surface area contributed by atoms with E-state index in [1.807, 2.05) is 6.92 Å². The molecular weight excluding hydrogens is 188 g/mol. The number of allylic oxidation sites excluding steroid dienone is 4. The number of hydrogen-bond acceptors (Lipinski definition) is 2. The second-order valence-corrected chi connectivity index (χ2v) is 4.75. The van der Waals surface area contributed by atoms with Crippen molar-refractivity contribution >= 4 is 5.97 Å². The summed E-state index contributed by atoms with van der Waals surface area (Å²) in [5.74, 6) is 0.561. The molecule has 0 unspecified atom stereocenters. The zero-order valence-electron chi connectivity index (χ0n) is 9.40. The molecule has 2 aliphatic carbocycles. The summed E-state index contributed by atoms with van der Waals surface area (Å²) < 4.78 is 5.14. The number of carbonyl (C=O) groups is 1. The first-order chi connectivity index (χ1) is 7.15. The van der Waals surface area contributed by atoms with Crippen LogP contribution in [0.5, 0.6) is 0 Å². The average Bonchev–Trinajstić information content (AvgIpc) is 2.37. The summed E-state index contributed by atoms with van der Waals surface area (Å²) >= 11 is 0. The molecule has 2 nitrogen and oxygen atoms in total. The van der Waals surface area contributed by atoms with Crippen molar-refractivity contribution in [2.45, 2.75) is 26.7 Å². The Morgan fingerprint density at radius 2 is 2.33 bits per heavy atom. The van der Waals surface area contributed by atoms with Crippen LogP contribution < -0.4 is 0 Å². The van der Waals surface area contributed by atoms with Gasteiger partial charge in [0.25, 0.3) is 0 Å². The Bertz CT molecular complexity index is 316. The van der Waals surface area contributed by atoms with E-state index in [1.54, 1.807) is 0 Å². The lowest BCUT2D eigenvalue weighted by atomic mass is 9.79. The Hall–Kier alpha value is -1.05. The molecule has 0 amide bonds. The molecule has 0 N–H and O–H groups in total. The number of hydrogen-bond donors (Lipinski definition) is 0. The smallest absolute Gasteiger partial charge is 0.309 e. The van der Waals surface area contributed by atoms with Gasteiger partial charge in [0, 0.05) is 0 Å². The fraction of sp³-hybridized carbons (Fsp3) is 0.615. The van der Waals surface area contributed by atoms with Crippen molar-refractivity contribution in [3.63, 3.8) is 0 Å². The van der Waals surface area contributed by atoms with Gasteiger partial charge in [-0.25, -0.2) is 0 Å². The second kappa shape index (κ2) is 3.84. The van der Waals surface area contributed by atoms with Crippen LogP contribution in [0.25, 0.3) is 0 Å². The van der Waals surface area contributed by atoms with Gasteiger partial charge in [0.2, 0.25) is 0 Å². The van der Waals surface area contributed by atoms with Crippen molar-refractivity contribution in [3.8, 4) is 0 Å². The normalized spacial score (nSPS) is 37.7. The summed E-state index contributed by atoms with van der Waals surface area (Å²) in [7, 11) is 0. The van der Waals surface area contributed by atoms with Crippen LogP contribution in [0.3, 0.4) is 0 Å². The highest BCUT2D eigenvalue weighted by molar-refractivity contribution is 5.74. The Kier molecular flexibility index (Phi) is 2.68. The van der Waals surface area contributed by atoms with Crippen molar-refractivity contribution < 1.29 is 9.53 Å². The lowest BCUT2D eigenvalue weighted by Crippen LogP contribution is -2.28. The maximum absolute atomic E-state index is 11.8. The SMILES string of the molecule is CCOC(=O)[C@H]1C[C@@H]2C=CC=C[C@]1(C)C2. The highest BCUT2D eigenvalue weighted by Crippen LogP contribution is 2.49. The van der Waals surface area contributed by atoms with Gasteiger partial charge in [-0.2, -0.15) is 0 Å². The predicted octanol–water partition coefficient (Wildman–Crippen LogP) is 2.71. The summed E-state index contributed by atoms with van der Waals surface area (Å²) in [5.41, 5.74) is 0.000417. The van der Waals surface area contributed by atoms with Crippen molar-refractivity contribution in [1.82, 2.24) is 0 Å². The van der Waals surface area contributed by atoms with E-state index in [0.717, 1.165) is 12.8 Å². The monoisotopic (exact) mass is 206 g/mol. The molecule has 0 aromatic carbocycles. The largest absolute Gasteiger partial charge is 0.466 e. The maximum Gasteiger partial charge on any atom is 0.309 e. The van der Waals surface area contributed by atoms with Gasteiger partial charge in [-0.05, 0) is 31.1 Å². The molecule has 2 heteroatoms. The van der Waals surface area contributed by atoms with Crippen LogP contribution in [0, 0.1) is 17.3 Å². The lowest BCUT2D eigenvalue weighted by molar-refractivity contribution is -0.150. The van der Waals surface area contributed by atoms with Crippen LogP contribution in [0.4, 0.5) is 0 Å². The molecule has 3 atom stereocenters. The quantitative estimate of drug-likeness (QED) is 0.649. The van der Waals surface area contributed by atoms with Gasteiger partial charge in [-0.1, -0.05) is 31.2 Å². The van der Waals surface area contributed by atoms with Crippen LogP contribution in [0.15, 0.2) is 24.3 Å². The first kappa shape index (κ1) is 10.5. The van der Waals surface area contributed by atoms with Gasteiger partial charge in [0.15, 0.2) is 0 Å². The Balaban J connectivity index is 2.18. The van der Waals surface area contributed by atoms with Gasteiger partial charge in [-0.15, -0.1) is 0 Å². The highest BCUT2D eigenvalue weighted by atomic mass is 16.5. The minimum absolute atomic E-state index is 0.000417. The van der Waals surface area contributed by atoms with Crippen LogP contribution in [0.1, 0.15) is 26.7 Å². The fourth-order valence-corrected chi connectivity index (χ4v) is 2.80. The van der Waals surface area contributed by atoms with Crippen molar-refractivity contribution in [3.05, 3.63) is 24.3 Å². The molecule has 0 aromatic heterocycles. The van der Waals surface area contributed by atoms with E-state index in [9.17, 15) is 4.79 Å². The van der Waals surface area contributed by atoms with Gasteiger partial charge in [0.1, 0.15) is 0 Å². The topological polar surface area (TPSA) is 26.3 Å². The molecule has 0 radical (unpaired) electrons. The summed E-state index contributed by atoms with van der Waals surface area (Å²) in [6, 6.07) is 0. The summed E-state index contributed by atoms with van der Waals surface area (Å²) in [6.07, 6.45) is 10.5. The predicted molar refractivity (Wildman–Crippen MR) is 59.2 cm³/mol. The molecule has 0 aromatic rings. The zero-order valence-corrected chi connectivity index (χ0v) is 9.40. The second-order valence-electron chi connectivity index (χ2n) is 4.75. The third-order valence-corrected chi connectivity index (χ3v) is 3.58. The van der Waals surface area contributed by atoms with Crippen LogP contribution in [-0.2, 0) is 9.53 Å². The average molecular weight is 206 g/mol. The summed E-state index contributed by atoms with van der Waals surface area (Å²) in [4.78, 5) is 11.8. The van der Waals surface area contributed by atoms with E-state index in [2.05, 4.69) is 31.2 Å². The minimum Gasteiger partial charge on any atom is -0.466 e. The Morgan fingerprint density at radius 1 is 1.53 bits per heavy atom. The molecule has 0 aliphatic heterocycles. The molecule has 0 spiro atoms. The number of ether oxygens (including phenoxy) is 1. The highest BCUT2D eigenvalue weighted by Gasteiger charge is 2.46. The first-order valence-corrected chi connectivity index (χ1v) is 5.68. The van der Waals surface area contributed by atoms with Crippen molar-refractivity contribution in [2.24, 2.45) is 17.3 Å². The van der Waals surface area contributed by atoms with Crippen LogP contribution in [0.2, 0.25) is 0 Å².